The molecule has 1 aromatic carbocycles. The van der Waals surface area contributed by atoms with Gasteiger partial charge >= 0.3 is 0 Å². The van der Waals surface area contributed by atoms with Crippen LogP contribution in [0.4, 0.5) is 15.8 Å². The first-order chi connectivity index (χ1) is 8.49. The first-order valence-electron chi connectivity index (χ1n) is 5.35. The predicted molar refractivity (Wildman–Crippen MR) is 71.9 cm³/mol. The van der Waals surface area contributed by atoms with E-state index in [0.29, 0.717) is 6.42 Å². The summed E-state index contributed by atoms with van der Waals surface area (Å²) in [7, 11) is 0. The van der Waals surface area contributed by atoms with Gasteiger partial charge in [-0.3, -0.25) is 10.1 Å². The third kappa shape index (κ3) is 3.44. The van der Waals surface area contributed by atoms with E-state index in [1.165, 1.54) is 0 Å². The van der Waals surface area contributed by atoms with E-state index in [4.69, 9.17) is 6.42 Å². The average Bonchev–Trinajstić information content (AvgIpc) is 2.32. The summed E-state index contributed by atoms with van der Waals surface area (Å²) < 4.78 is 13.5. The smallest absolute Gasteiger partial charge is 0.293 e. The van der Waals surface area contributed by atoms with E-state index in [0.717, 1.165) is 18.6 Å². The second kappa shape index (κ2) is 6.36. The van der Waals surface area contributed by atoms with Gasteiger partial charge in [0.15, 0.2) is 0 Å². The largest absolute Gasteiger partial charge is 0.366 e. The average molecular weight is 315 g/mol. The van der Waals surface area contributed by atoms with Crippen LogP contribution in [0.3, 0.4) is 0 Å². The molecule has 18 heavy (non-hydrogen) atoms. The van der Waals surface area contributed by atoms with Crippen LogP contribution in [0.15, 0.2) is 16.6 Å². The quantitative estimate of drug-likeness (QED) is 0.512. The van der Waals surface area contributed by atoms with Gasteiger partial charge in [0.25, 0.3) is 5.69 Å². The molecule has 0 saturated heterocycles. The Balaban J connectivity index is 3.11. The van der Waals surface area contributed by atoms with Gasteiger partial charge in [-0.1, -0.05) is 19.3 Å². The summed E-state index contributed by atoms with van der Waals surface area (Å²) >= 11 is 2.92. The normalized spacial score (nSPS) is 11.7. The van der Waals surface area contributed by atoms with E-state index in [9.17, 15) is 14.5 Å². The molecule has 96 valence electrons. The van der Waals surface area contributed by atoms with Crippen molar-refractivity contribution in [3.63, 3.8) is 0 Å². The van der Waals surface area contributed by atoms with E-state index < -0.39 is 10.7 Å². The van der Waals surface area contributed by atoms with Gasteiger partial charge in [0.05, 0.1) is 15.4 Å². The first-order valence-corrected chi connectivity index (χ1v) is 6.15. The number of nitrogens with one attached hydrogen (secondary N) is 1. The van der Waals surface area contributed by atoms with Gasteiger partial charge in [0, 0.05) is 12.1 Å². The monoisotopic (exact) mass is 314 g/mol. The van der Waals surface area contributed by atoms with Crippen LogP contribution in [-0.4, -0.2) is 11.0 Å². The van der Waals surface area contributed by atoms with E-state index in [2.05, 4.69) is 27.2 Å². The molecular formula is C12H12BrFN2O2. The molecule has 0 aliphatic carbocycles. The zero-order valence-electron chi connectivity index (χ0n) is 9.74. The van der Waals surface area contributed by atoms with E-state index >= 15 is 0 Å². The summed E-state index contributed by atoms with van der Waals surface area (Å²) in [6, 6.07) is 1.84. The van der Waals surface area contributed by atoms with Gasteiger partial charge in [0.1, 0.15) is 11.5 Å². The molecule has 1 unspecified atom stereocenters. The Hall–Kier alpha value is -1.61. The van der Waals surface area contributed by atoms with E-state index in [1.54, 1.807) is 0 Å². The molecule has 0 amide bonds. The summed E-state index contributed by atoms with van der Waals surface area (Å²) in [6.45, 7) is 1.95. The Morgan fingerprint density at radius 1 is 1.67 bits per heavy atom. The third-order valence-electron chi connectivity index (χ3n) is 2.34. The number of halogens is 2. The highest BCUT2D eigenvalue weighted by molar-refractivity contribution is 9.10. The number of nitro benzene ring substituents is 1. The van der Waals surface area contributed by atoms with Gasteiger partial charge in [-0.15, -0.1) is 6.42 Å². The molecule has 1 aromatic rings. The number of hydrogen-bond acceptors (Lipinski definition) is 3. The molecule has 0 aromatic heterocycles. The molecule has 6 heteroatoms. The lowest BCUT2D eigenvalue weighted by Crippen LogP contribution is -2.17. The Bertz CT molecular complexity index is 500. The first kappa shape index (κ1) is 14.5. The fraction of sp³-hybridized carbons (Fsp3) is 0.333. The number of hydrogen-bond donors (Lipinski definition) is 1. The van der Waals surface area contributed by atoms with Gasteiger partial charge in [-0.05, 0) is 22.4 Å². The molecule has 1 rings (SSSR count). The van der Waals surface area contributed by atoms with Crippen molar-refractivity contribution in [2.24, 2.45) is 0 Å². The number of anilines is 1. The van der Waals surface area contributed by atoms with Crippen molar-refractivity contribution >= 4 is 27.3 Å². The van der Waals surface area contributed by atoms with Crippen molar-refractivity contribution < 1.29 is 9.31 Å². The zero-order valence-corrected chi connectivity index (χ0v) is 11.3. The predicted octanol–water partition coefficient (Wildman–Crippen LogP) is 3.71. The van der Waals surface area contributed by atoms with Gasteiger partial charge in [-0.25, -0.2) is 4.39 Å². The Kier molecular flexibility index (Phi) is 5.10. The molecule has 0 radical (unpaired) electrons. The van der Waals surface area contributed by atoms with Crippen molar-refractivity contribution in [1.82, 2.24) is 0 Å². The summed E-state index contributed by atoms with van der Waals surface area (Å²) in [5.41, 5.74) is -0.114. The molecule has 1 N–H and O–H groups in total. The summed E-state index contributed by atoms with van der Waals surface area (Å²) in [4.78, 5) is 10.3. The van der Waals surface area contributed by atoms with Gasteiger partial charge < -0.3 is 5.32 Å². The van der Waals surface area contributed by atoms with Crippen LogP contribution >= 0.6 is 15.9 Å². The van der Waals surface area contributed by atoms with Crippen LogP contribution in [0.5, 0.6) is 0 Å². The molecular weight excluding hydrogens is 303 g/mol. The van der Waals surface area contributed by atoms with Crippen LogP contribution in [0.1, 0.15) is 19.8 Å². The molecule has 0 fully saturated rings. The molecule has 1 atom stereocenters. The minimum Gasteiger partial charge on any atom is -0.366 e. The summed E-state index contributed by atoms with van der Waals surface area (Å²) in [5, 5.41) is 13.7. The van der Waals surface area contributed by atoms with E-state index in [-0.39, 0.29) is 21.9 Å². The lowest BCUT2D eigenvalue weighted by molar-refractivity contribution is -0.384. The van der Waals surface area contributed by atoms with Crippen LogP contribution in [-0.2, 0) is 0 Å². The Morgan fingerprint density at radius 2 is 2.33 bits per heavy atom. The van der Waals surface area contributed by atoms with Crippen molar-refractivity contribution in [2.75, 3.05) is 5.32 Å². The number of benzene rings is 1. The number of nitro groups is 1. The highest BCUT2D eigenvalue weighted by atomic mass is 79.9. The third-order valence-corrected chi connectivity index (χ3v) is 2.95. The standard InChI is InChI=1S/C12H12BrFN2O2/c1-3-5-8(4-2)15-11-7-10(14)9(13)6-12(11)16(17)18/h2,6-8,15H,3,5H2,1H3. The lowest BCUT2D eigenvalue weighted by atomic mass is 10.1. The fourth-order valence-electron chi connectivity index (χ4n) is 1.48. The van der Waals surface area contributed by atoms with Crippen molar-refractivity contribution in [2.45, 2.75) is 25.8 Å². The minimum absolute atomic E-state index is 0.0486. The zero-order chi connectivity index (χ0) is 13.7. The van der Waals surface area contributed by atoms with Gasteiger partial charge in [-0.2, -0.15) is 0 Å². The molecule has 0 spiro atoms. The van der Waals surface area contributed by atoms with E-state index in [1.807, 2.05) is 6.92 Å². The van der Waals surface area contributed by atoms with Crippen LogP contribution in [0, 0.1) is 28.3 Å². The van der Waals surface area contributed by atoms with Crippen molar-refractivity contribution in [3.05, 3.63) is 32.5 Å². The Labute approximate surface area is 113 Å². The number of terminal acetylenes is 1. The molecule has 0 aliphatic heterocycles. The Morgan fingerprint density at radius 3 is 2.83 bits per heavy atom. The molecule has 0 heterocycles. The second-order valence-electron chi connectivity index (χ2n) is 3.69. The van der Waals surface area contributed by atoms with Crippen LogP contribution in [0.25, 0.3) is 0 Å². The molecule has 0 saturated carbocycles. The highest BCUT2D eigenvalue weighted by Crippen LogP contribution is 2.31. The van der Waals surface area contributed by atoms with Crippen molar-refractivity contribution in [1.29, 1.82) is 0 Å². The maximum Gasteiger partial charge on any atom is 0.293 e. The van der Waals surface area contributed by atoms with Gasteiger partial charge in [0.2, 0.25) is 0 Å². The maximum atomic E-state index is 13.4. The lowest BCUT2D eigenvalue weighted by Gasteiger charge is -2.14. The highest BCUT2D eigenvalue weighted by Gasteiger charge is 2.19. The topological polar surface area (TPSA) is 55.2 Å². The molecule has 4 nitrogen and oxygen atoms in total. The SMILES string of the molecule is C#CC(CCC)Nc1cc(F)c(Br)cc1[N+](=O)[O-]. The van der Waals surface area contributed by atoms with Crippen LogP contribution < -0.4 is 5.32 Å². The molecule has 0 aliphatic rings. The second-order valence-corrected chi connectivity index (χ2v) is 4.55. The summed E-state index contributed by atoms with van der Waals surface area (Å²) in [6.07, 6.45) is 6.80. The summed E-state index contributed by atoms with van der Waals surface area (Å²) in [5.74, 6) is 1.91. The minimum atomic E-state index is -0.577. The number of rotatable bonds is 5. The molecule has 0 bridgehead atoms. The van der Waals surface area contributed by atoms with Crippen LogP contribution in [0.2, 0.25) is 0 Å². The maximum absolute atomic E-state index is 13.4. The number of nitrogens with zero attached hydrogens (tertiary/aromatic N) is 1. The fourth-order valence-corrected chi connectivity index (χ4v) is 1.81. The van der Waals surface area contributed by atoms with Crippen molar-refractivity contribution in [3.8, 4) is 12.3 Å².